The van der Waals surface area contributed by atoms with Crippen molar-refractivity contribution in [3.8, 4) is 0 Å². The van der Waals surface area contributed by atoms with Gasteiger partial charge in [0.15, 0.2) is 0 Å². The normalized spacial score (nSPS) is 11.8. The summed E-state index contributed by atoms with van der Waals surface area (Å²) in [4.78, 5) is 20.9. The Hall–Kier alpha value is -2.87. The highest BCUT2D eigenvalue weighted by Gasteiger charge is 2.28. The zero-order valence-electron chi connectivity index (χ0n) is 21.2. The Morgan fingerprint density at radius 1 is 1.03 bits per heavy atom. The molecule has 0 aliphatic carbocycles. The summed E-state index contributed by atoms with van der Waals surface area (Å²) >= 11 is 3.14. The van der Waals surface area contributed by atoms with E-state index in [-0.39, 0.29) is 0 Å². The number of nitrogens with zero attached hydrogens (tertiary/aromatic N) is 2. The van der Waals surface area contributed by atoms with Crippen LogP contribution in [0.1, 0.15) is 51.9 Å². The van der Waals surface area contributed by atoms with E-state index in [9.17, 15) is 9.90 Å². The summed E-state index contributed by atoms with van der Waals surface area (Å²) in [5.74, 6) is 0.107. The smallest absolute Gasteiger partial charge is 0.319 e. The van der Waals surface area contributed by atoms with Gasteiger partial charge in [-0.2, -0.15) is 0 Å². The van der Waals surface area contributed by atoms with E-state index >= 15 is 0 Å². The third-order valence-corrected chi connectivity index (χ3v) is 8.25. The molecule has 4 aromatic rings. The number of hydrogen-bond donors (Lipinski definition) is 1. The summed E-state index contributed by atoms with van der Waals surface area (Å²) in [6, 6.07) is 20.7. The van der Waals surface area contributed by atoms with Crippen LogP contribution in [0.25, 0.3) is 0 Å². The summed E-state index contributed by atoms with van der Waals surface area (Å²) in [7, 11) is 0. The van der Waals surface area contributed by atoms with Crippen molar-refractivity contribution in [2.45, 2.75) is 63.4 Å². The minimum Gasteiger partial charge on any atom is -0.480 e. The molecule has 0 saturated carbocycles. The van der Waals surface area contributed by atoms with Gasteiger partial charge in [-0.1, -0.05) is 42.0 Å². The van der Waals surface area contributed by atoms with Crippen LogP contribution >= 0.6 is 23.1 Å². The molecule has 0 aliphatic heterocycles. The SMILES string of the molecule is Cc1cccc(Cc2nc(C)c(CN(Cc3ccc(SC(C)(C)C(=O)O)cc3)Cc3ccco3)s2)c1. The summed E-state index contributed by atoms with van der Waals surface area (Å²) in [6.45, 7) is 9.88. The number of furan rings is 1. The van der Waals surface area contributed by atoms with Crippen molar-refractivity contribution in [2.24, 2.45) is 0 Å². The fourth-order valence-electron chi connectivity index (χ4n) is 3.96. The van der Waals surface area contributed by atoms with Gasteiger partial charge in [-0.25, -0.2) is 4.98 Å². The molecule has 5 nitrogen and oxygen atoms in total. The molecular formula is C29H32N2O3S2. The largest absolute Gasteiger partial charge is 0.480 e. The monoisotopic (exact) mass is 520 g/mol. The molecule has 0 spiro atoms. The molecule has 2 aromatic heterocycles. The average Bonchev–Trinajstić information content (AvgIpc) is 3.44. The van der Waals surface area contributed by atoms with E-state index in [4.69, 9.17) is 9.40 Å². The maximum Gasteiger partial charge on any atom is 0.319 e. The number of aliphatic carboxylic acids is 1. The van der Waals surface area contributed by atoms with Gasteiger partial charge in [0.25, 0.3) is 0 Å². The minimum absolute atomic E-state index is 0.695. The number of thiazole rings is 1. The van der Waals surface area contributed by atoms with Crippen LogP contribution in [0.2, 0.25) is 0 Å². The molecule has 188 valence electrons. The van der Waals surface area contributed by atoms with E-state index < -0.39 is 10.7 Å². The molecule has 2 heterocycles. The first kappa shape index (κ1) is 26.2. The fraction of sp³-hybridized carbons (Fsp3) is 0.310. The standard InChI is InChI=1S/C29H32N2O3S2/c1-20-7-5-8-23(15-20)16-27-30-21(2)26(35-27)19-31(18-24-9-6-14-34-24)17-22-10-12-25(13-11-22)36-29(3,4)28(32)33/h5-15H,16-19H2,1-4H3,(H,32,33). The molecule has 7 heteroatoms. The van der Waals surface area contributed by atoms with Crippen LogP contribution in [0.5, 0.6) is 0 Å². The van der Waals surface area contributed by atoms with Crippen molar-refractivity contribution in [3.05, 3.63) is 105 Å². The first-order chi connectivity index (χ1) is 17.2. The lowest BCUT2D eigenvalue weighted by atomic mass is 10.1. The van der Waals surface area contributed by atoms with Crippen molar-refractivity contribution in [1.82, 2.24) is 9.88 Å². The molecule has 0 bridgehead atoms. The second-order valence-electron chi connectivity index (χ2n) is 9.57. The Kier molecular flexibility index (Phi) is 8.34. The van der Waals surface area contributed by atoms with Gasteiger partial charge in [0.1, 0.15) is 10.5 Å². The molecule has 0 aliphatic rings. The van der Waals surface area contributed by atoms with Crippen molar-refractivity contribution < 1.29 is 14.3 Å². The molecule has 2 aromatic carbocycles. The molecule has 0 radical (unpaired) electrons. The molecule has 0 atom stereocenters. The van der Waals surface area contributed by atoms with Gasteiger partial charge in [-0.15, -0.1) is 23.1 Å². The van der Waals surface area contributed by atoms with Gasteiger partial charge < -0.3 is 9.52 Å². The van der Waals surface area contributed by atoms with E-state index in [2.05, 4.69) is 55.1 Å². The third-order valence-electron chi connectivity index (χ3n) is 5.92. The number of thioether (sulfide) groups is 1. The summed E-state index contributed by atoms with van der Waals surface area (Å²) in [5, 5.41) is 10.5. The van der Waals surface area contributed by atoms with E-state index in [1.165, 1.54) is 33.3 Å². The van der Waals surface area contributed by atoms with E-state index in [1.54, 1.807) is 31.4 Å². The summed E-state index contributed by atoms with van der Waals surface area (Å²) < 4.78 is 4.78. The van der Waals surface area contributed by atoms with E-state index in [0.717, 1.165) is 40.9 Å². The maximum atomic E-state index is 11.5. The van der Waals surface area contributed by atoms with Gasteiger partial charge in [0.2, 0.25) is 0 Å². The number of carboxylic acid groups (broad SMARTS) is 1. The zero-order chi connectivity index (χ0) is 25.7. The van der Waals surface area contributed by atoms with Crippen LogP contribution in [0.4, 0.5) is 0 Å². The Morgan fingerprint density at radius 2 is 1.81 bits per heavy atom. The number of carbonyl (C=O) groups is 1. The van der Waals surface area contributed by atoms with Gasteiger partial charge in [0.05, 0.1) is 23.5 Å². The first-order valence-electron chi connectivity index (χ1n) is 11.9. The highest BCUT2D eigenvalue weighted by atomic mass is 32.2. The predicted octanol–water partition coefficient (Wildman–Crippen LogP) is 7.10. The zero-order valence-corrected chi connectivity index (χ0v) is 22.8. The third kappa shape index (κ3) is 7.09. The number of carboxylic acids is 1. The first-order valence-corrected chi connectivity index (χ1v) is 13.6. The molecule has 0 amide bonds. The van der Waals surface area contributed by atoms with Crippen molar-refractivity contribution in [3.63, 3.8) is 0 Å². The van der Waals surface area contributed by atoms with Gasteiger partial charge in [-0.05, 0) is 63.1 Å². The topological polar surface area (TPSA) is 66.6 Å². The second kappa shape index (κ2) is 11.5. The van der Waals surface area contributed by atoms with Crippen LogP contribution in [-0.4, -0.2) is 25.7 Å². The molecular weight excluding hydrogens is 488 g/mol. The summed E-state index contributed by atoms with van der Waals surface area (Å²) in [5.41, 5.74) is 4.80. The van der Waals surface area contributed by atoms with Crippen LogP contribution in [0.3, 0.4) is 0 Å². The fourth-order valence-corrected chi connectivity index (χ4v) is 6.06. The highest BCUT2D eigenvalue weighted by Crippen LogP contribution is 2.33. The molecule has 36 heavy (non-hydrogen) atoms. The molecule has 4 rings (SSSR count). The van der Waals surface area contributed by atoms with E-state index in [1.807, 2.05) is 24.3 Å². The lowest BCUT2D eigenvalue weighted by molar-refractivity contribution is -0.138. The molecule has 0 saturated heterocycles. The Balaban J connectivity index is 1.48. The molecule has 0 unspecified atom stereocenters. The Morgan fingerprint density at radius 3 is 2.47 bits per heavy atom. The van der Waals surface area contributed by atoms with Crippen molar-refractivity contribution in [2.75, 3.05) is 0 Å². The maximum absolute atomic E-state index is 11.5. The lowest BCUT2D eigenvalue weighted by Gasteiger charge is -2.22. The number of rotatable bonds is 11. The number of aromatic nitrogens is 1. The average molecular weight is 521 g/mol. The molecule has 1 N–H and O–H groups in total. The Bertz CT molecular complexity index is 1290. The lowest BCUT2D eigenvalue weighted by Crippen LogP contribution is -2.26. The van der Waals surface area contributed by atoms with Crippen LogP contribution < -0.4 is 0 Å². The van der Waals surface area contributed by atoms with Crippen LogP contribution in [0, 0.1) is 13.8 Å². The number of aryl methyl sites for hydroxylation is 2. The van der Waals surface area contributed by atoms with Crippen LogP contribution in [0.15, 0.2) is 76.2 Å². The van der Waals surface area contributed by atoms with Crippen molar-refractivity contribution >= 4 is 29.1 Å². The van der Waals surface area contributed by atoms with Gasteiger partial charge in [-0.3, -0.25) is 9.69 Å². The van der Waals surface area contributed by atoms with Crippen molar-refractivity contribution in [1.29, 1.82) is 0 Å². The second-order valence-corrected chi connectivity index (χ2v) is 12.4. The highest BCUT2D eigenvalue weighted by molar-refractivity contribution is 8.01. The molecule has 0 fully saturated rings. The predicted molar refractivity (Wildman–Crippen MR) is 147 cm³/mol. The quantitative estimate of drug-likeness (QED) is 0.213. The number of hydrogen-bond acceptors (Lipinski definition) is 6. The van der Waals surface area contributed by atoms with Gasteiger partial charge in [0, 0.05) is 29.3 Å². The Labute approximate surface area is 221 Å². The van der Waals surface area contributed by atoms with Crippen LogP contribution in [-0.2, 0) is 30.8 Å². The van der Waals surface area contributed by atoms with E-state index in [0.29, 0.717) is 6.54 Å². The summed E-state index contributed by atoms with van der Waals surface area (Å²) in [6.07, 6.45) is 2.55. The number of benzene rings is 2. The minimum atomic E-state index is -0.868. The van der Waals surface area contributed by atoms with Gasteiger partial charge >= 0.3 is 5.97 Å².